The van der Waals surface area contributed by atoms with Crippen LogP contribution in [-0.4, -0.2) is 25.9 Å². The fourth-order valence-corrected chi connectivity index (χ4v) is 2.24. The van der Waals surface area contributed by atoms with Crippen molar-refractivity contribution in [3.8, 4) is 5.75 Å². The lowest BCUT2D eigenvalue weighted by atomic mass is 9.93. The zero-order valence-corrected chi connectivity index (χ0v) is 13.5. The minimum Gasteiger partial charge on any atom is -0.494 e. The van der Waals surface area contributed by atoms with E-state index in [0.29, 0.717) is 6.61 Å². The maximum absolute atomic E-state index is 5.77. The van der Waals surface area contributed by atoms with Gasteiger partial charge in [0.05, 0.1) is 12.2 Å². The second-order valence-corrected chi connectivity index (χ2v) is 5.65. The third-order valence-electron chi connectivity index (χ3n) is 3.48. The van der Waals surface area contributed by atoms with Gasteiger partial charge in [0.25, 0.3) is 0 Å². The standard InChI is InChI=1S/C17H29NO2/c1-6-12-18-15(13-17(3,4)19-5)14-10-8-9-11-16(14)20-7-2/h8-11,15,18H,6-7,12-13H2,1-5H3. The van der Waals surface area contributed by atoms with E-state index in [4.69, 9.17) is 9.47 Å². The summed E-state index contributed by atoms with van der Waals surface area (Å²) in [7, 11) is 1.77. The Morgan fingerprint density at radius 2 is 1.90 bits per heavy atom. The first kappa shape index (κ1) is 17.0. The van der Waals surface area contributed by atoms with Crippen molar-refractivity contribution in [1.29, 1.82) is 0 Å². The van der Waals surface area contributed by atoms with Gasteiger partial charge in [-0.2, -0.15) is 0 Å². The van der Waals surface area contributed by atoms with Crippen LogP contribution in [0.25, 0.3) is 0 Å². The first-order valence-electron chi connectivity index (χ1n) is 7.54. The summed E-state index contributed by atoms with van der Waals surface area (Å²) in [5, 5.41) is 3.61. The third-order valence-corrected chi connectivity index (χ3v) is 3.48. The van der Waals surface area contributed by atoms with Crippen LogP contribution in [0.1, 0.15) is 52.1 Å². The molecule has 1 unspecified atom stereocenters. The van der Waals surface area contributed by atoms with Crippen molar-refractivity contribution in [3.63, 3.8) is 0 Å². The summed E-state index contributed by atoms with van der Waals surface area (Å²) >= 11 is 0. The minimum atomic E-state index is -0.162. The molecule has 0 aliphatic heterocycles. The molecule has 1 N–H and O–H groups in total. The molecule has 114 valence electrons. The van der Waals surface area contributed by atoms with E-state index in [9.17, 15) is 0 Å². The van der Waals surface area contributed by atoms with Gasteiger partial charge in [0.15, 0.2) is 0 Å². The van der Waals surface area contributed by atoms with Crippen LogP contribution in [0.4, 0.5) is 0 Å². The van der Waals surface area contributed by atoms with Gasteiger partial charge in [-0.15, -0.1) is 0 Å². The summed E-state index contributed by atoms with van der Waals surface area (Å²) in [6, 6.07) is 8.52. The first-order valence-corrected chi connectivity index (χ1v) is 7.54. The van der Waals surface area contributed by atoms with E-state index < -0.39 is 0 Å². The summed E-state index contributed by atoms with van der Waals surface area (Å²) in [5.41, 5.74) is 1.05. The Morgan fingerprint density at radius 1 is 1.20 bits per heavy atom. The molecule has 0 aliphatic carbocycles. The molecular formula is C17H29NO2. The highest BCUT2D eigenvalue weighted by atomic mass is 16.5. The average Bonchev–Trinajstić information content (AvgIpc) is 2.44. The quantitative estimate of drug-likeness (QED) is 0.742. The Kier molecular flexibility index (Phi) is 7.03. The molecule has 1 atom stereocenters. The molecular weight excluding hydrogens is 250 g/mol. The van der Waals surface area contributed by atoms with Gasteiger partial charge in [-0.25, -0.2) is 0 Å². The normalized spacial score (nSPS) is 13.2. The highest BCUT2D eigenvalue weighted by Crippen LogP contribution is 2.31. The monoisotopic (exact) mass is 279 g/mol. The van der Waals surface area contributed by atoms with Crippen LogP contribution in [0.5, 0.6) is 5.75 Å². The van der Waals surface area contributed by atoms with Crippen molar-refractivity contribution in [1.82, 2.24) is 5.32 Å². The lowest BCUT2D eigenvalue weighted by Crippen LogP contribution is -2.32. The molecule has 1 rings (SSSR count). The molecule has 0 aromatic heterocycles. The molecule has 0 aliphatic rings. The topological polar surface area (TPSA) is 30.5 Å². The molecule has 0 saturated heterocycles. The van der Waals surface area contributed by atoms with Crippen LogP contribution >= 0.6 is 0 Å². The molecule has 0 bridgehead atoms. The second kappa shape index (κ2) is 8.28. The van der Waals surface area contributed by atoms with Crippen molar-refractivity contribution < 1.29 is 9.47 Å². The molecule has 0 saturated carbocycles. The van der Waals surface area contributed by atoms with Crippen LogP contribution < -0.4 is 10.1 Å². The van der Waals surface area contributed by atoms with Gasteiger partial charge in [-0.3, -0.25) is 0 Å². The molecule has 3 heteroatoms. The summed E-state index contributed by atoms with van der Waals surface area (Å²) in [6.07, 6.45) is 2.02. The van der Waals surface area contributed by atoms with E-state index >= 15 is 0 Å². The van der Waals surface area contributed by atoms with E-state index in [1.807, 2.05) is 19.1 Å². The van der Waals surface area contributed by atoms with E-state index in [0.717, 1.165) is 25.1 Å². The average molecular weight is 279 g/mol. The Morgan fingerprint density at radius 3 is 2.50 bits per heavy atom. The van der Waals surface area contributed by atoms with Crippen LogP contribution in [0.15, 0.2) is 24.3 Å². The molecule has 3 nitrogen and oxygen atoms in total. The predicted octanol–water partition coefficient (Wildman–Crippen LogP) is 3.94. The molecule has 1 aromatic carbocycles. The molecule has 20 heavy (non-hydrogen) atoms. The van der Waals surface area contributed by atoms with E-state index in [2.05, 4.69) is 38.2 Å². The first-order chi connectivity index (χ1) is 9.54. The molecule has 0 radical (unpaired) electrons. The van der Waals surface area contributed by atoms with E-state index in [-0.39, 0.29) is 11.6 Å². The van der Waals surface area contributed by atoms with Crippen molar-refractivity contribution in [2.45, 2.75) is 52.2 Å². The van der Waals surface area contributed by atoms with Gasteiger partial charge in [-0.1, -0.05) is 25.1 Å². The number of para-hydroxylation sites is 1. The Hall–Kier alpha value is -1.06. The molecule has 0 spiro atoms. The van der Waals surface area contributed by atoms with Gasteiger partial charge in [0.2, 0.25) is 0 Å². The number of hydrogen-bond acceptors (Lipinski definition) is 3. The SMILES string of the molecule is CCCNC(CC(C)(C)OC)c1ccccc1OCC. The van der Waals surface area contributed by atoms with Gasteiger partial charge in [-0.05, 0) is 46.2 Å². The molecule has 0 fully saturated rings. The van der Waals surface area contributed by atoms with Crippen LogP contribution in [0.3, 0.4) is 0 Å². The zero-order valence-electron chi connectivity index (χ0n) is 13.5. The lowest BCUT2D eigenvalue weighted by Gasteiger charge is -2.30. The van der Waals surface area contributed by atoms with Crippen molar-refractivity contribution in [2.75, 3.05) is 20.3 Å². The summed E-state index contributed by atoms with van der Waals surface area (Å²) in [4.78, 5) is 0. The Labute approximate surface area is 123 Å². The number of benzene rings is 1. The van der Waals surface area contributed by atoms with Crippen LogP contribution in [0.2, 0.25) is 0 Å². The minimum absolute atomic E-state index is 0.162. The number of methoxy groups -OCH3 is 1. The van der Waals surface area contributed by atoms with Crippen LogP contribution in [0, 0.1) is 0 Å². The predicted molar refractivity (Wildman–Crippen MR) is 84.4 cm³/mol. The smallest absolute Gasteiger partial charge is 0.124 e. The lowest BCUT2D eigenvalue weighted by molar-refractivity contribution is 0.00665. The Balaban J connectivity index is 2.97. The maximum Gasteiger partial charge on any atom is 0.124 e. The molecule has 0 heterocycles. The van der Waals surface area contributed by atoms with Crippen molar-refractivity contribution in [2.24, 2.45) is 0 Å². The second-order valence-electron chi connectivity index (χ2n) is 5.65. The van der Waals surface area contributed by atoms with Gasteiger partial charge >= 0.3 is 0 Å². The van der Waals surface area contributed by atoms with Gasteiger partial charge in [0, 0.05) is 18.7 Å². The van der Waals surface area contributed by atoms with Gasteiger partial charge < -0.3 is 14.8 Å². The van der Waals surface area contributed by atoms with Crippen molar-refractivity contribution in [3.05, 3.63) is 29.8 Å². The summed E-state index contributed by atoms with van der Waals surface area (Å²) in [6.45, 7) is 10.1. The fraction of sp³-hybridized carbons (Fsp3) is 0.647. The highest BCUT2D eigenvalue weighted by molar-refractivity contribution is 5.36. The number of rotatable bonds is 9. The van der Waals surface area contributed by atoms with Crippen molar-refractivity contribution >= 4 is 0 Å². The van der Waals surface area contributed by atoms with E-state index in [1.165, 1.54) is 5.56 Å². The van der Waals surface area contributed by atoms with Gasteiger partial charge in [0.1, 0.15) is 5.75 Å². The highest BCUT2D eigenvalue weighted by Gasteiger charge is 2.25. The molecule has 1 aromatic rings. The summed E-state index contributed by atoms with van der Waals surface area (Å²) < 4.78 is 11.4. The fourth-order valence-electron chi connectivity index (χ4n) is 2.24. The summed E-state index contributed by atoms with van der Waals surface area (Å²) in [5.74, 6) is 0.968. The third kappa shape index (κ3) is 5.14. The number of hydrogen-bond donors (Lipinski definition) is 1. The van der Waals surface area contributed by atoms with Crippen LogP contribution in [-0.2, 0) is 4.74 Å². The largest absolute Gasteiger partial charge is 0.494 e. The maximum atomic E-state index is 5.77. The number of nitrogens with one attached hydrogen (secondary N) is 1. The number of ether oxygens (including phenoxy) is 2. The zero-order chi connectivity index (χ0) is 15.0. The van der Waals surface area contributed by atoms with E-state index in [1.54, 1.807) is 7.11 Å². The molecule has 0 amide bonds. The Bertz CT molecular complexity index is 390.